The van der Waals surface area contributed by atoms with Gasteiger partial charge in [-0.05, 0) is 23.6 Å². The van der Waals surface area contributed by atoms with Crippen LogP contribution in [-0.2, 0) is 6.42 Å². The second-order valence-electron chi connectivity index (χ2n) is 4.38. The summed E-state index contributed by atoms with van der Waals surface area (Å²) in [5.74, 6) is 0.373. The van der Waals surface area contributed by atoms with Crippen molar-refractivity contribution in [2.24, 2.45) is 0 Å². The molecule has 0 spiro atoms. The number of hydrogen-bond acceptors (Lipinski definition) is 5. The summed E-state index contributed by atoms with van der Waals surface area (Å²) < 4.78 is 5.18. The summed E-state index contributed by atoms with van der Waals surface area (Å²) in [6, 6.07) is 11.2. The molecular formula is C17H19N3O2S. The molecule has 0 fully saturated rings. The summed E-state index contributed by atoms with van der Waals surface area (Å²) in [7, 11) is 0. The molecule has 0 aliphatic heterocycles. The predicted molar refractivity (Wildman–Crippen MR) is 91.4 cm³/mol. The standard InChI is InChI=1S/C15H13N3O2S.C2H6/c19-15(17-8-6-11-4-1-2-7-16-11)12-10-13(20-18-12)14-5-3-9-21-14;1-2/h1-5,7,9-10H,6,8H2,(H,17,19);1-2H3. The molecule has 3 rings (SSSR count). The van der Waals surface area contributed by atoms with E-state index in [0.29, 0.717) is 24.4 Å². The fourth-order valence-electron chi connectivity index (χ4n) is 1.86. The molecule has 0 radical (unpaired) electrons. The zero-order chi connectivity index (χ0) is 16.5. The Hall–Kier alpha value is -2.47. The molecule has 0 bridgehead atoms. The second-order valence-corrected chi connectivity index (χ2v) is 5.33. The number of amides is 1. The van der Waals surface area contributed by atoms with Crippen molar-refractivity contribution < 1.29 is 9.32 Å². The van der Waals surface area contributed by atoms with E-state index in [1.807, 2.05) is 49.6 Å². The van der Waals surface area contributed by atoms with E-state index in [-0.39, 0.29) is 5.91 Å². The summed E-state index contributed by atoms with van der Waals surface area (Å²) in [5, 5.41) is 8.56. The summed E-state index contributed by atoms with van der Waals surface area (Å²) in [6.07, 6.45) is 2.42. The Kier molecular flexibility index (Phi) is 6.50. The third kappa shape index (κ3) is 4.75. The molecule has 5 nitrogen and oxygen atoms in total. The van der Waals surface area contributed by atoms with Crippen molar-refractivity contribution in [3.05, 3.63) is 59.4 Å². The average Bonchev–Trinajstić information content (AvgIpc) is 3.29. The Bertz CT molecular complexity index is 709. The van der Waals surface area contributed by atoms with Gasteiger partial charge in [-0.3, -0.25) is 9.78 Å². The SMILES string of the molecule is CC.O=C(NCCc1ccccn1)c1cc(-c2cccs2)on1. The fraction of sp³-hybridized carbons (Fsp3) is 0.235. The monoisotopic (exact) mass is 329 g/mol. The van der Waals surface area contributed by atoms with Crippen molar-refractivity contribution in [1.82, 2.24) is 15.5 Å². The van der Waals surface area contributed by atoms with Crippen molar-refractivity contribution in [2.75, 3.05) is 6.54 Å². The molecule has 0 saturated heterocycles. The van der Waals surface area contributed by atoms with E-state index in [2.05, 4.69) is 15.5 Å². The van der Waals surface area contributed by atoms with E-state index < -0.39 is 0 Å². The number of aromatic nitrogens is 2. The highest BCUT2D eigenvalue weighted by Crippen LogP contribution is 2.24. The summed E-state index contributed by atoms with van der Waals surface area (Å²) in [4.78, 5) is 17.1. The van der Waals surface area contributed by atoms with Crippen LogP contribution in [-0.4, -0.2) is 22.6 Å². The lowest BCUT2D eigenvalue weighted by Crippen LogP contribution is -2.26. The number of nitrogens with one attached hydrogen (secondary N) is 1. The van der Waals surface area contributed by atoms with Gasteiger partial charge < -0.3 is 9.84 Å². The van der Waals surface area contributed by atoms with Crippen molar-refractivity contribution in [3.63, 3.8) is 0 Å². The summed E-state index contributed by atoms with van der Waals surface area (Å²) in [5.41, 5.74) is 1.23. The van der Waals surface area contributed by atoms with E-state index >= 15 is 0 Å². The smallest absolute Gasteiger partial charge is 0.273 e. The quantitative estimate of drug-likeness (QED) is 0.773. The van der Waals surface area contributed by atoms with E-state index in [4.69, 9.17) is 4.52 Å². The Morgan fingerprint density at radius 1 is 1.26 bits per heavy atom. The Labute approximate surface area is 139 Å². The number of nitrogens with zero attached hydrogens (tertiary/aromatic N) is 2. The first-order valence-corrected chi connectivity index (χ1v) is 8.39. The van der Waals surface area contributed by atoms with Gasteiger partial charge in [-0.15, -0.1) is 11.3 Å². The van der Waals surface area contributed by atoms with Crippen LogP contribution in [0.1, 0.15) is 30.0 Å². The number of thiophene rings is 1. The van der Waals surface area contributed by atoms with Gasteiger partial charge in [0, 0.05) is 30.9 Å². The van der Waals surface area contributed by atoms with Crippen LogP contribution >= 0.6 is 11.3 Å². The third-order valence-corrected chi connectivity index (χ3v) is 3.78. The lowest BCUT2D eigenvalue weighted by Gasteiger charge is -2.01. The number of rotatable bonds is 5. The van der Waals surface area contributed by atoms with Crippen molar-refractivity contribution in [3.8, 4) is 10.6 Å². The zero-order valence-electron chi connectivity index (χ0n) is 13.2. The van der Waals surface area contributed by atoms with Gasteiger partial charge in [-0.2, -0.15) is 0 Å². The molecule has 0 aliphatic carbocycles. The molecule has 3 aromatic heterocycles. The van der Waals surface area contributed by atoms with Crippen LogP contribution in [0.4, 0.5) is 0 Å². The van der Waals surface area contributed by atoms with Crippen molar-refractivity contribution in [1.29, 1.82) is 0 Å². The van der Waals surface area contributed by atoms with Gasteiger partial charge >= 0.3 is 0 Å². The maximum atomic E-state index is 12.0. The molecule has 0 aliphatic rings. The minimum atomic E-state index is -0.238. The van der Waals surface area contributed by atoms with Gasteiger partial charge in [0.25, 0.3) is 5.91 Å². The van der Waals surface area contributed by atoms with Crippen LogP contribution in [0.3, 0.4) is 0 Å². The topological polar surface area (TPSA) is 68.0 Å². The predicted octanol–water partition coefficient (Wildman–Crippen LogP) is 3.80. The number of pyridine rings is 1. The normalized spacial score (nSPS) is 9.83. The number of carbonyl (C=O) groups is 1. The molecule has 0 aromatic carbocycles. The van der Waals surface area contributed by atoms with Crippen molar-refractivity contribution in [2.45, 2.75) is 20.3 Å². The molecule has 1 N–H and O–H groups in total. The Morgan fingerprint density at radius 3 is 2.83 bits per heavy atom. The maximum absolute atomic E-state index is 12.0. The summed E-state index contributed by atoms with van der Waals surface area (Å²) in [6.45, 7) is 4.51. The lowest BCUT2D eigenvalue weighted by molar-refractivity contribution is 0.0945. The molecule has 0 atom stereocenters. The van der Waals surface area contributed by atoms with Crippen LogP contribution in [0.15, 0.2) is 52.5 Å². The molecule has 6 heteroatoms. The van der Waals surface area contributed by atoms with Crippen molar-refractivity contribution >= 4 is 17.2 Å². The van der Waals surface area contributed by atoms with Crippen LogP contribution in [0.25, 0.3) is 10.6 Å². The van der Waals surface area contributed by atoms with Gasteiger partial charge in [-0.1, -0.05) is 31.1 Å². The van der Waals surface area contributed by atoms with E-state index in [9.17, 15) is 4.79 Å². The highest BCUT2D eigenvalue weighted by molar-refractivity contribution is 7.13. The maximum Gasteiger partial charge on any atom is 0.273 e. The molecule has 3 heterocycles. The number of hydrogen-bond donors (Lipinski definition) is 1. The lowest BCUT2D eigenvalue weighted by atomic mass is 10.2. The van der Waals surface area contributed by atoms with Gasteiger partial charge in [0.05, 0.1) is 4.88 Å². The zero-order valence-corrected chi connectivity index (χ0v) is 14.0. The average molecular weight is 329 g/mol. The molecule has 0 unspecified atom stereocenters. The Balaban J connectivity index is 0.000000924. The van der Waals surface area contributed by atoms with E-state index in [0.717, 1.165) is 10.6 Å². The first kappa shape index (κ1) is 16.9. The van der Waals surface area contributed by atoms with Crippen LogP contribution in [0.5, 0.6) is 0 Å². The largest absolute Gasteiger partial charge is 0.355 e. The molecular weight excluding hydrogens is 310 g/mol. The fourth-order valence-corrected chi connectivity index (χ4v) is 2.53. The molecule has 1 amide bonds. The van der Waals surface area contributed by atoms with Gasteiger partial charge in [-0.25, -0.2) is 0 Å². The highest BCUT2D eigenvalue weighted by Gasteiger charge is 2.13. The van der Waals surface area contributed by atoms with E-state index in [1.165, 1.54) is 0 Å². The van der Waals surface area contributed by atoms with E-state index in [1.54, 1.807) is 23.6 Å². The van der Waals surface area contributed by atoms with Crippen LogP contribution in [0, 0.1) is 0 Å². The van der Waals surface area contributed by atoms with Gasteiger partial charge in [0.1, 0.15) is 0 Å². The molecule has 0 saturated carbocycles. The first-order valence-electron chi connectivity index (χ1n) is 7.51. The second kappa shape index (κ2) is 8.85. The first-order chi connectivity index (χ1) is 11.3. The highest BCUT2D eigenvalue weighted by atomic mass is 32.1. The molecule has 120 valence electrons. The Morgan fingerprint density at radius 2 is 2.13 bits per heavy atom. The minimum absolute atomic E-state index is 0.238. The minimum Gasteiger partial charge on any atom is -0.355 e. The third-order valence-electron chi connectivity index (χ3n) is 2.90. The van der Waals surface area contributed by atoms with Gasteiger partial charge in [0.2, 0.25) is 0 Å². The summed E-state index contributed by atoms with van der Waals surface area (Å²) >= 11 is 1.54. The molecule has 23 heavy (non-hydrogen) atoms. The van der Waals surface area contributed by atoms with Gasteiger partial charge in [0.15, 0.2) is 11.5 Å². The van der Waals surface area contributed by atoms with Crippen LogP contribution in [0.2, 0.25) is 0 Å². The van der Waals surface area contributed by atoms with Crippen LogP contribution < -0.4 is 5.32 Å². The molecule has 3 aromatic rings. The number of carbonyl (C=O) groups excluding carboxylic acids is 1.